The van der Waals surface area contributed by atoms with Crippen LogP contribution in [0.1, 0.15) is 37.8 Å². The highest BCUT2D eigenvalue weighted by Gasteiger charge is 2.18. The number of benzene rings is 1. The molecule has 1 aliphatic rings. The normalized spacial score (nSPS) is 17.8. The van der Waals surface area contributed by atoms with Crippen LogP contribution >= 0.6 is 0 Å². The van der Waals surface area contributed by atoms with Crippen molar-refractivity contribution in [1.82, 2.24) is 10.2 Å². The second-order valence-electron chi connectivity index (χ2n) is 6.32. The highest BCUT2D eigenvalue weighted by Crippen LogP contribution is 2.13. The van der Waals surface area contributed by atoms with Crippen molar-refractivity contribution in [3.05, 3.63) is 35.4 Å². The summed E-state index contributed by atoms with van der Waals surface area (Å²) in [5.41, 5.74) is 2.28. The Labute approximate surface area is 123 Å². The van der Waals surface area contributed by atoms with Crippen LogP contribution in [0.2, 0.25) is 0 Å². The third-order valence-corrected chi connectivity index (χ3v) is 4.01. The van der Waals surface area contributed by atoms with E-state index in [-0.39, 0.29) is 6.61 Å². The third-order valence-electron chi connectivity index (χ3n) is 4.01. The number of piperidine rings is 1. The molecule has 0 radical (unpaired) electrons. The van der Waals surface area contributed by atoms with E-state index in [4.69, 9.17) is 5.11 Å². The molecular formula is C17H28N2O. The summed E-state index contributed by atoms with van der Waals surface area (Å²) < 4.78 is 0. The van der Waals surface area contributed by atoms with Crippen molar-refractivity contribution >= 4 is 0 Å². The Morgan fingerprint density at radius 2 is 1.75 bits per heavy atom. The summed E-state index contributed by atoms with van der Waals surface area (Å²) in [6.07, 6.45) is 2.50. The Hall–Kier alpha value is -0.900. The Morgan fingerprint density at radius 1 is 1.15 bits per heavy atom. The first-order valence-corrected chi connectivity index (χ1v) is 7.82. The molecule has 1 aliphatic heterocycles. The zero-order valence-electron chi connectivity index (χ0n) is 12.8. The summed E-state index contributed by atoms with van der Waals surface area (Å²) in [6, 6.07) is 8.86. The summed E-state index contributed by atoms with van der Waals surface area (Å²) in [4.78, 5) is 2.58. The van der Waals surface area contributed by atoms with E-state index in [2.05, 4.69) is 36.2 Å². The van der Waals surface area contributed by atoms with Crippen LogP contribution in [0.3, 0.4) is 0 Å². The van der Waals surface area contributed by atoms with Crippen molar-refractivity contribution < 1.29 is 5.11 Å². The summed E-state index contributed by atoms with van der Waals surface area (Å²) >= 11 is 0. The van der Waals surface area contributed by atoms with Gasteiger partial charge in [0.05, 0.1) is 6.61 Å². The molecule has 1 aromatic carbocycles. The SMILES string of the molecule is CC(C)CN1CCC(NCc2ccc(CO)cc2)CC1. The molecule has 0 unspecified atom stereocenters. The van der Waals surface area contributed by atoms with Crippen LogP contribution < -0.4 is 5.32 Å². The molecule has 20 heavy (non-hydrogen) atoms. The first-order valence-electron chi connectivity index (χ1n) is 7.82. The van der Waals surface area contributed by atoms with Gasteiger partial charge in [-0.3, -0.25) is 0 Å². The van der Waals surface area contributed by atoms with E-state index >= 15 is 0 Å². The van der Waals surface area contributed by atoms with Gasteiger partial charge < -0.3 is 15.3 Å². The number of aliphatic hydroxyl groups is 1. The smallest absolute Gasteiger partial charge is 0.0681 e. The molecule has 112 valence electrons. The van der Waals surface area contributed by atoms with Gasteiger partial charge in [-0.25, -0.2) is 0 Å². The highest BCUT2D eigenvalue weighted by atomic mass is 16.3. The number of rotatable bonds is 6. The van der Waals surface area contributed by atoms with Gasteiger partial charge in [-0.05, 0) is 43.0 Å². The number of likely N-dealkylation sites (tertiary alicyclic amines) is 1. The molecule has 1 aromatic rings. The van der Waals surface area contributed by atoms with Crippen LogP contribution in [-0.4, -0.2) is 35.7 Å². The third kappa shape index (κ3) is 4.89. The molecule has 0 saturated carbocycles. The van der Waals surface area contributed by atoms with Crippen molar-refractivity contribution in [1.29, 1.82) is 0 Å². The van der Waals surface area contributed by atoms with Crippen molar-refractivity contribution in [2.24, 2.45) is 5.92 Å². The van der Waals surface area contributed by atoms with Gasteiger partial charge in [0.2, 0.25) is 0 Å². The Bertz CT molecular complexity index is 380. The van der Waals surface area contributed by atoms with E-state index < -0.39 is 0 Å². The zero-order chi connectivity index (χ0) is 14.4. The maximum Gasteiger partial charge on any atom is 0.0681 e. The maximum atomic E-state index is 9.03. The van der Waals surface area contributed by atoms with Crippen molar-refractivity contribution in [3.8, 4) is 0 Å². The summed E-state index contributed by atoms with van der Waals surface area (Å²) in [6.45, 7) is 9.32. The van der Waals surface area contributed by atoms with Crippen LogP contribution in [0.5, 0.6) is 0 Å². The Balaban J connectivity index is 1.70. The van der Waals surface area contributed by atoms with Gasteiger partial charge in [-0.1, -0.05) is 38.1 Å². The van der Waals surface area contributed by atoms with Crippen LogP contribution in [0.4, 0.5) is 0 Å². The standard InChI is InChI=1S/C17H28N2O/c1-14(2)12-19-9-7-17(8-10-19)18-11-15-3-5-16(13-20)6-4-15/h3-6,14,17-18,20H,7-13H2,1-2H3. The molecule has 0 amide bonds. The summed E-state index contributed by atoms with van der Waals surface area (Å²) in [5, 5.41) is 12.7. The second-order valence-corrected chi connectivity index (χ2v) is 6.32. The topological polar surface area (TPSA) is 35.5 Å². The molecule has 2 rings (SSSR count). The van der Waals surface area contributed by atoms with Gasteiger partial charge in [-0.15, -0.1) is 0 Å². The predicted molar refractivity (Wildman–Crippen MR) is 83.5 cm³/mol. The first-order chi connectivity index (χ1) is 9.67. The molecule has 1 saturated heterocycles. The lowest BCUT2D eigenvalue weighted by Gasteiger charge is -2.33. The van der Waals surface area contributed by atoms with E-state index in [1.165, 1.54) is 38.0 Å². The van der Waals surface area contributed by atoms with Crippen LogP contribution in [0.25, 0.3) is 0 Å². The van der Waals surface area contributed by atoms with Gasteiger partial charge in [-0.2, -0.15) is 0 Å². The number of hydrogen-bond acceptors (Lipinski definition) is 3. The summed E-state index contributed by atoms with van der Waals surface area (Å²) in [7, 11) is 0. The molecule has 0 aromatic heterocycles. The molecule has 2 N–H and O–H groups in total. The van der Waals surface area contributed by atoms with E-state index in [9.17, 15) is 0 Å². The maximum absolute atomic E-state index is 9.03. The van der Waals surface area contributed by atoms with E-state index in [1.54, 1.807) is 0 Å². The van der Waals surface area contributed by atoms with Gasteiger partial charge in [0.1, 0.15) is 0 Å². The molecule has 0 atom stereocenters. The van der Waals surface area contributed by atoms with E-state index in [0.717, 1.165) is 18.0 Å². The van der Waals surface area contributed by atoms with E-state index in [0.29, 0.717) is 6.04 Å². The van der Waals surface area contributed by atoms with Crippen LogP contribution in [-0.2, 0) is 13.2 Å². The monoisotopic (exact) mass is 276 g/mol. The van der Waals surface area contributed by atoms with Crippen molar-refractivity contribution in [2.45, 2.75) is 45.9 Å². The average molecular weight is 276 g/mol. The highest BCUT2D eigenvalue weighted by molar-refractivity contribution is 5.21. The fourth-order valence-corrected chi connectivity index (χ4v) is 2.86. The minimum atomic E-state index is 0.127. The molecule has 1 heterocycles. The minimum Gasteiger partial charge on any atom is -0.392 e. The number of hydrogen-bond donors (Lipinski definition) is 2. The number of aliphatic hydroxyl groups excluding tert-OH is 1. The molecule has 1 fully saturated rings. The molecule has 0 spiro atoms. The fourth-order valence-electron chi connectivity index (χ4n) is 2.86. The van der Waals surface area contributed by atoms with Crippen LogP contribution in [0, 0.1) is 5.92 Å². The van der Waals surface area contributed by atoms with Gasteiger partial charge in [0, 0.05) is 19.1 Å². The second kappa shape index (κ2) is 7.77. The lowest BCUT2D eigenvalue weighted by Crippen LogP contribution is -2.43. The molecule has 3 nitrogen and oxygen atoms in total. The Kier molecular flexibility index (Phi) is 6.02. The molecule has 0 bridgehead atoms. The average Bonchev–Trinajstić information content (AvgIpc) is 2.46. The minimum absolute atomic E-state index is 0.127. The fraction of sp³-hybridized carbons (Fsp3) is 0.647. The molecular weight excluding hydrogens is 248 g/mol. The molecule has 3 heteroatoms. The van der Waals surface area contributed by atoms with E-state index in [1.807, 2.05) is 12.1 Å². The number of nitrogens with one attached hydrogen (secondary N) is 1. The van der Waals surface area contributed by atoms with Crippen molar-refractivity contribution in [3.63, 3.8) is 0 Å². The Morgan fingerprint density at radius 3 is 2.30 bits per heavy atom. The largest absolute Gasteiger partial charge is 0.392 e. The predicted octanol–water partition coefficient (Wildman–Crippen LogP) is 2.39. The van der Waals surface area contributed by atoms with Crippen molar-refractivity contribution in [2.75, 3.05) is 19.6 Å². The number of nitrogens with zero attached hydrogens (tertiary/aromatic N) is 1. The lowest BCUT2D eigenvalue weighted by molar-refractivity contribution is 0.179. The molecule has 0 aliphatic carbocycles. The van der Waals surface area contributed by atoms with Gasteiger partial charge in [0.25, 0.3) is 0 Å². The van der Waals surface area contributed by atoms with Crippen LogP contribution in [0.15, 0.2) is 24.3 Å². The zero-order valence-corrected chi connectivity index (χ0v) is 12.8. The summed E-state index contributed by atoms with van der Waals surface area (Å²) in [5.74, 6) is 0.768. The first kappa shape index (κ1) is 15.5. The van der Waals surface area contributed by atoms with Gasteiger partial charge >= 0.3 is 0 Å². The quantitative estimate of drug-likeness (QED) is 0.837. The van der Waals surface area contributed by atoms with Gasteiger partial charge in [0.15, 0.2) is 0 Å². The lowest BCUT2D eigenvalue weighted by atomic mass is 10.0.